The zero-order chi connectivity index (χ0) is 13.7. The van der Waals surface area contributed by atoms with Gasteiger partial charge in [-0.15, -0.1) is 0 Å². The summed E-state index contributed by atoms with van der Waals surface area (Å²) in [6.45, 7) is 4.22. The van der Waals surface area contributed by atoms with Crippen LogP contribution < -0.4 is 11.1 Å². The lowest BCUT2D eigenvalue weighted by Gasteiger charge is -2.15. The number of hydrogen-bond acceptors (Lipinski definition) is 2. The van der Waals surface area contributed by atoms with E-state index < -0.39 is 23.1 Å². The zero-order valence-corrected chi connectivity index (χ0v) is 10.5. The number of nitrogens with one attached hydrogen (secondary N) is 1. The highest BCUT2D eigenvalue weighted by Crippen LogP contribution is 2.11. The summed E-state index contributed by atoms with van der Waals surface area (Å²) in [6, 6.07) is 3.09. The molecule has 0 bridgehead atoms. The van der Waals surface area contributed by atoms with Gasteiger partial charge in [0.25, 0.3) is 5.91 Å². The van der Waals surface area contributed by atoms with Crippen molar-refractivity contribution in [3.8, 4) is 0 Å². The van der Waals surface area contributed by atoms with Gasteiger partial charge in [-0.25, -0.2) is 8.78 Å². The molecule has 0 fully saturated rings. The molecule has 3 nitrogen and oxygen atoms in total. The summed E-state index contributed by atoms with van der Waals surface area (Å²) in [5, 5.41) is 2.44. The highest BCUT2D eigenvalue weighted by Gasteiger charge is 2.17. The predicted molar refractivity (Wildman–Crippen MR) is 66.1 cm³/mol. The van der Waals surface area contributed by atoms with Crippen LogP contribution in [-0.4, -0.2) is 18.5 Å². The molecule has 5 heteroatoms. The molecule has 0 radical (unpaired) electrons. The first-order valence-electron chi connectivity index (χ1n) is 5.89. The average Bonchev–Trinajstić information content (AvgIpc) is 2.25. The van der Waals surface area contributed by atoms with Gasteiger partial charge in [0.05, 0.1) is 0 Å². The first kappa shape index (κ1) is 14.6. The lowest BCUT2D eigenvalue weighted by Crippen LogP contribution is -2.38. The molecule has 0 saturated heterocycles. The Balaban J connectivity index is 2.61. The van der Waals surface area contributed by atoms with Crippen LogP contribution in [0.25, 0.3) is 0 Å². The van der Waals surface area contributed by atoms with E-state index in [1.807, 2.05) is 13.8 Å². The third-order valence-electron chi connectivity index (χ3n) is 2.49. The molecule has 0 aliphatic heterocycles. The highest BCUT2D eigenvalue weighted by atomic mass is 19.1. The van der Waals surface area contributed by atoms with Crippen LogP contribution in [0, 0.1) is 17.6 Å². The third-order valence-corrected chi connectivity index (χ3v) is 2.49. The van der Waals surface area contributed by atoms with Crippen LogP contribution in [0.2, 0.25) is 0 Å². The second kappa shape index (κ2) is 6.44. The van der Waals surface area contributed by atoms with Crippen molar-refractivity contribution in [3.63, 3.8) is 0 Å². The van der Waals surface area contributed by atoms with Gasteiger partial charge >= 0.3 is 0 Å². The second-order valence-corrected chi connectivity index (χ2v) is 4.70. The van der Waals surface area contributed by atoms with Crippen molar-refractivity contribution in [3.05, 3.63) is 35.4 Å². The Morgan fingerprint density at radius 3 is 2.39 bits per heavy atom. The number of rotatable bonds is 5. The van der Waals surface area contributed by atoms with Crippen molar-refractivity contribution in [2.24, 2.45) is 11.7 Å². The van der Waals surface area contributed by atoms with E-state index in [0.717, 1.165) is 18.6 Å². The van der Waals surface area contributed by atoms with Crippen LogP contribution in [0.15, 0.2) is 18.2 Å². The molecule has 1 rings (SSSR count). The maximum absolute atomic E-state index is 13.3. The van der Waals surface area contributed by atoms with Crippen LogP contribution in [0.4, 0.5) is 8.78 Å². The van der Waals surface area contributed by atoms with Crippen molar-refractivity contribution in [2.75, 3.05) is 6.54 Å². The molecule has 0 spiro atoms. The number of carbonyl (C=O) groups is 1. The minimum absolute atomic E-state index is 0.199. The number of benzene rings is 1. The fourth-order valence-corrected chi connectivity index (χ4v) is 1.72. The second-order valence-electron chi connectivity index (χ2n) is 4.70. The molecular formula is C13H18F2N2O. The molecule has 0 heterocycles. The minimum Gasteiger partial charge on any atom is -0.350 e. The molecule has 0 aromatic heterocycles. The first-order valence-corrected chi connectivity index (χ1v) is 5.89. The zero-order valence-electron chi connectivity index (χ0n) is 10.5. The van der Waals surface area contributed by atoms with Crippen molar-refractivity contribution in [1.82, 2.24) is 5.32 Å². The lowest BCUT2D eigenvalue weighted by molar-refractivity contribution is 0.0941. The summed E-state index contributed by atoms with van der Waals surface area (Å²) in [5.41, 5.74) is 5.21. The predicted octanol–water partition coefficient (Wildman–Crippen LogP) is 2.07. The highest BCUT2D eigenvalue weighted by molar-refractivity contribution is 5.94. The Kier molecular flexibility index (Phi) is 5.22. The number of nitrogens with two attached hydrogens (primary N) is 1. The number of carbonyl (C=O) groups excluding carboxylic acids is 1. The summed E-state index contributed by atoms with van der Waals surface area (Å²) in [5.74, 6) is -2.11. The van der Waals surface area contributed by atoms with E-state index in [1.54, 1.807) is 0 Å². The summed E-state index contributed by atoms with van der Waals surface area (Å²) >= 11 is 0. The molecule has 100 valence electrons. The fraction of sp³-hybridized carbons (Fsp3) is 0.462. The Bertz CT molecular complexity index is 401. The van der Waals surface area contributed by atoms with Crippen molar-refractivity contribution in [2.45, 2.75) is 26.3 Å². The molecule has 18 heavy (non-hydrogen) atoms. The van der Waals surface area contributed by atoms with Gasteiger partial charge in [0, 0.05) is 12.6 Å². The van der Waals surface area contributed by atoms with Crippen LogP contribution in [0.5, 0.6) is 0 Å². The Hall–Kier alpha value is -1.49. The molecule has 0 aliphatic carbocycles. The number of hydrogen-bond donors (Lipinski definition) is 2. The van der Waals surface area contributed by atoms with Gasteiger partial charge < -0.3 is 11.1 Å². The van der Waals surface area contributed by atoms with Crippen molar-refractivity contribution >= 4 is 5.91 Å². The maximum atomic E-state index is 13.3. The average molecular weight is 256 g/mol. The van der Waals surface area contributed by atoms with E-state index in [9.17, 15) is 13.6 Å². The van der Waals surface area contributed by atoms with Crippen LogP contribution in [-0.2, 0) is 0 Å². The Labute approximate surface area is 105 Å². The molecule has 1 unspecified atom stereocenters. The van der Waals surface area contributed by atoms with Gasteiger partial charge in [0.1, 0.15) is 17.2 Å². The van der Waals surface area contributed by atoms with Gasteiger partial charge in [-0.3, -0.25) is 4.79 Å². The SMILES string of the molecule is CC(C)CC(N)CNC(=O)c1c(F)cccc1F. The van der Waals surface area contributed by atoms with E-state index in [1.165, 1.54) is 6.07 Å². The molecule has 0 saturated carbocycles. The molecular weight excluding hydrogens is 238 g/mol. The Morgan fingerprint density at radius 1 is 1.33 bits per heavy atom. The topological polar surface area (TPSA) is 55.1 Å². The van der Waals surface area contributed by atoms with Crippen LogP contribution in [0.3, 0.4) is 0 Å². The molecule has 1 aromatic rings. The summed E-state index contributed by atoms with van der Waals surface area (Å²) in [6.07, 6.45) is 0.736. The summed E-state index contributed by atoms with van der Waals surface area (Å²) < 4.78 is 26.6. The number of amides is 1. The van der Waals surface area contributed by atoms with Crippen LogP contribution >= 0.6 is 0 Å². The smallest absolute Gasteiger partial charge is 0.257 e. The van der Waals surface area contributed by atoms with Crippen LogP contribution in [0.1, 0.15) is 30.6 Å². The summed E-state index contributed by atoms with van der Waals surface area (Å²) in [4.78, 5) is 11.6. The normalized spacial score (nSPS) is 12.6. The lowest BCUT2D eigenvalue weighted by atomic mass is 10.0. The quantitative estimate of drug-likeness (QED) is 0.847. The molecule has 3 N–H and O–H groups in total. The molecule has 0 aliphatic rings. The largest absolute Gasteiger partial charge is 0.350 e. The van der Waals surface area contributed by atoms with Crippen molar-refractivity contribution in [1.29, 1.82) is 0 Å². The van der Waals surface area contributed by atoms with E-state index in [0.29, 0.717) is 5.92 Å². The third kappa shape index (κ3) is 4.07. The van der Waals surface area contributed by atoms with Crippen molar-refractivity contribution < 1.29 is 13.6 Å². The minimum atomic E-state index is -0.870. The fourth-order valence-electron chi connectivity index (χ4n) is 1.72. The molecule has 1 aromatic carbocycles. The standard InChI is InChI=1S/C13H18F2N2O/c1-8(2)6-9(16)7-17-13(18)12-10(14)4-3-5-11(12)15/h3-5,8-9H,6-7,16H2,1-2H3,(H,17,18). The van der Waals surface area contributed by atoms with E-state index in [-0.39, 0.29) is 12.6 Å². The van der Waals surface area contributed by atoms with E-state index in [4.69, 9.17) is 5.73 Å². The van der Waals surface area contributed by atoms with Gasteiger partial charge in [-0.1, -0.05) is 19.9 Å². The van der Waals surface area contributed by atoms with Gasteiger partial charge in [0.2, 0.25) is 0 Å². The number of halogens is 2. The first-order chi connectivity index (χ1) is 8.41. The van der Waals surface area contributed by atoms with Gasteiger partial charge in [-0.05, 0) is 24.5 Å². The monoisotopic (exact) mass is 256 g/mol. The van der Waals surface area contributed by atoms with E-state index in [2.05, 4.69) is 5.32 Å². The molecule has 1 atom stereocenters. The van der Waals surface area contributed by atoms with Gasteiger partial charge in [0.15, 0.2) is 0 Å². The Morgan fingerprint density at radius 2 is 1.89 bits per heavy atom. The van der Waals surface area contributed by atoms with Gasteiger partial charge in [-0.2, -0.15) is 0 Å². The summed E-state index contributed by atoms with van der Waals surface area (Å²) in [7, 11) is 0. The van der Waals surface area contributed by atoms with E-state index >= 15 is 0 Å². The maximum Gasteiger partial charge on any atom is 0.257 e. The molecule has 1 amide bonds.